The Hall–Kier alpha value is -2.37. The van der Waals surface area contributed by atoms with Gasteiger partial charge in [0.2, 0.25) is 11.8 Å². The molecule has 2 atom stereocenters. The summed E-state index contributed by atoms with van der Waals surface area (Å²) in [6.07, 6.45) is 0.687. The molecule has 100 valence electrons. The average molecular weight is 262 g/mol. The van der Waals surface area contributed by atoms with E-state index in [4.69, 9.17) is 5.11 Å². The molecule has 6 heteroatoms. The molecule has 0 spiro atoms. The monoisotopic (exact) mass is 262 g/mol. The first kappa shape index (κ1) is 13.1. The molecule has 0 bridgehead atoms. The summed E-state index contributed by atoms with van der Waals surface area (Å²) in [5.41, 5.74) is 0.493. The summed E-state index contributed by atoms with van der Waals surface area (Å²) in [6, 6.07) is 6.69. The molecule has 1 fully saturated rings. The SMILES string of the molecule is O=C1CC[C@@H](C(=O)N[C@H](C(=O)O)c2ccccc2)N1. The summed E-state index contributed by atoms with van der Waals surface area (Å²) < 4.78 is 0. The van der Waals surface area contributed by atoms with E-state index in [1.54, 1.807) is 30.3 Å². The van der Waals surface area contributed by atoms with Crippen LogP contribution in [-0.2, 0) is 14.4 Å². The van der Waals surface area contributed by atoms with Crippen molar-refractivity contribution in [2.45, 2.75) is 24.9 Å². The number of hydrogen-bond donors (Lipinski definition) is 3. The highest BCUT2D eigenvalue weighted by Crippen LogP contribution is 2.14. The maximum Gasteiger partial charge on any atom is 0.330 e. The normalized spacial score (nSPS) is 19.6. The van der Waals surface area contributed by atoms with Crippen molar-refractivity contribution in [3.8, 4) is 0 Å². The molecule has 2 rings (SSSR count). The number of carboxylic acids is 1. The van der Waals surface area contributed by atoms with Crippen molar-refractivity contribution in [1.82, 2.24) is 10.6 Å². The van der Waals surface area contributed by atoms with E-state index >= 15 is 0 Å². The van der Waals surface area contributed by atoms with E-state index in [0.717, 1.165) is 0 Å². The van der Waals surface area contributed by atoms with Crippen LogP contribution in [0.5, 0.6) is 0 Å². The zero-order valence-electron chi connectivity index (χ0n) is 10.1. The van der Waals surface area contributed by atoms with Gasteiger partial charge in [-0.2, -0.15) is 0 Å². The number of carbonyl (C=O) groups excluding carboxylic acids is 2. The van der Waals surface area contributed by atoms with Crippen LogP contribution in [0.4, 0.5) is 0 Å². The summed E-state index contributed by atoms with van der Waals surface area (Å²) in [7, 11) is 0. The van der Waals surface area contributed by atoms with Crippen molar-refractivity contribution in [2.75, 3.05) is 0 Å². The van der Waals surface area contributed by atoms with Gasteiger partial charge in [0, 0.05) is 6.42 Å². The van der Waals surface area contributed by atoms with Crippen molar-refractivity contribution in [3.05, 3.63) is 35.9 Å². The number of carbonyl (C=O) groups is 3. The van der Waals surface area contributed by atoms with Crippen molar-refractivity contribution in [1.29, 1.82) is 0 Å². The Morgan fingerprint density at radius 3 is 2.53 bits per heavy atom. The first-order chi connectivity index (χ1) is 9.08. The van der Waals surface area contributed by atoms with E-state index in [2.05, 4.69) is 10.6 Å². The largest absolute Gasteiger partial charge is 0.479 e. The standard InChI is InChI=1S/C13H14N2O4/c16-10-7-6-9(14-10)12(17)15-11(13(18)19)8-4-2-1-3-5-8/h1-5,9,11H,6-7H2,(H,14,16)(H,15,17)(H,18,19)/t9-,11-/m0/s1. The molecule has 0 radical (unpaired) electrons. The van der Waals surface area contributed by atoms with Gasteiger partial charge in [-0.1, -0.05) is 30.3 Å². The molecule has 0 aromatic heterocycles. The van der Waals surface area contributed by atoms with E-state index in [1.165, 1.54) is 0 Å². The lowest BCUT2D eigenvalue weighted by atomic mass is 10.1. The predicted molar refractivity (Wildman–Crippen MR) is 66.1 cm³/mol. The number of carboxylic acid groups (broad SMARTS) is 1. The summed E-state index contributed by atoms with van der Waals surface area (Å²) in [4.78, 5) is 34.1. The number of rotatable bonds is 4. The molecule has 2 amide bonds. The van der Waals surface area contributed by atoms with Crippen molar-refractivity contribution in [2.24, 2.45) is 0 Å². The Bertz CT molecular complexity index is 501. The van der Waals surface area contributed by atoms with Crippen LogP contribution in [0.2, 0.25) is 0 Å². The Balaban J connectivity index is 2.07. The van der Waals surface area contributed by atoms with Crippen LogP contribution in [0, 0.1) is 0 Å². The lowest BCUT2D eigenvalue weighted by molar-refractivity contribution is -0.142. The molecule has 1 saturated heterocycles. The van der Waals surface area contributed by atoms with Crippen molar-refractivity contribution < 1.29 is 19.5 Å². The average Bonchev–Trinajstić information content (AvgIpc) is 2.83. The minimum Gasteiger partial charge on any atom is -0.479 e. The summed E-state index contributed by atoms with van der Waals surface area (Å²) >= 11 is 0. The lowest BCUT2D eigenvalue weighted by Crippen LogP contribution is -2.44. The number of nitrogens with one attached hydrogen (secondary N) is 2. The zero-order valence-corrected chi connectivity index (χ0v) is 10.1. The van der Waals surface area contributed by atoms with Crippen LogP contribution >= 0.6 is 0 Å². The van der Waals surface area contributed by atoms with E-state index in [1.807, 2.05) is 0 Å². The smallest absolute Gasteiger partial charge is 0.330 e. The van der Waals surface area contributed by atoms with E-state index in [-0.39, 0.29) is 5.91 Å². The highest BCUT2D eigenvalue weighted by atomic mass is 16.4. The Labute approximate surface area is 109 Å². The van der Waals surface area contributed by atoms with Crippen molar-refractivity contribution in [3.63, 3.8) is 0 Å². The maximum atomic E-state index is 11.9. The summed E-state index contributed by atoms with van der Waals surface area (Å²) in [5, 5.41) is 14.1. The molecular formula is C13H14N2O4. The van der Waals surface area contributed by atoms with Gasteiger partial charge in [0.1, 0.15) is 6.04 Å². The summed E-state index contributed by atoms with van der Waals surface area (Å²) in [6.45, 7) is 0. The number of hydrogen-bond acceptors (Lipinski definition) is 3. The summed E-state index contributed by atoms with van der Waals surface area (Å²) in [5.74, 6) is -1.79. The van der Waals surface area contributed by atoms with Gasteiger partial charge in [0.05, 0.1) is 0 Å². The quantitative estimate of drug-likeness (QED) is 0.722. The molecule has 19 heavy (non-hydrogen) atoms. The zero-order chi connectivity index (χ0) is 13.8. The second-order valence-electron chi connectivity index (χ2n) is 4.35. The van der Waals surface area contributed by atoms with E-state index < -0.39 is 24.0 Å². The number of aliphatic carboxylic acids is 1. The van der Waals surface area contributed by atoms with Crippen LogP contribution in [0.15, 0.2) is 30.3 Å². The molecule has 0 aliphatic carbocycles. The third kappa shape index (κ3) is 3.09. The maximum absolute atomic E-state index is 11.9. The fraction of sp³-hybridized carbons (Fsp3) is 0.308. The van der Waals surface area contributed by atoms with Gasteiger partial charge in [0.15, 0.2) is 6.04 Å². The number of benzene rings is 1. The lowest BCUT2D eigenvalue weighted by Gasteiger charge is -2.17. The second-order valence-corrected chi connectivity index (χ2v) is 4.35. The van der Waals surface area contributed by atoms with Crippen LogP contribution in [-0.4, -0.2) is 28.9 Å². The fourth-order valence-corrected chi connectivity index (χ4v) is 1.99. The van der Waals surface area contributed by atoms with Gasteiger partial charge in [-0.3, -0.25) is 9.59 Å². The molecule has 1 aromatic carbocycles. The van der Waals surface area contributed by atoms with Gasteiger partial charge >= 0.3 is 5.97 Å². The molecule has 1 aromatic rings. The number of amides is 2. The van der Waals surface area contributed by atoms with Crippen LogP contribution in [0.25, 0.3) is 0 Å². The topological polar surface area (TPSA) is 95.5 Å². The Morgan fingerprint density at radius 1 is 1.32 bits per heavy atom. The Morgan fingerprint density at radius 2 is 2.00 bits per heavy atom. The molecular weight excluding hydrogens is 248 g/mol. The van der Waals surface area contributed by atoms with E-state index in [0.29, 0.717) is 18.4 Å². The first-order valence-electron chi connectivity index (χ1n) is 5.95. The molecule has 1 aliphatic rings. The van der Waals surface area contributed by atoms with Crippen LogP contribution in [0.3, 0.4) is 0 Å². The van der Waals surface area contributed by atoms with Crippen LogP contribution in [0.1, 0.15) is 24.4 Å². The molecule has 0 saturated carbocycles. The van der Waals surface area contributed by atoms with Gasteiger partial charge in [-0.05, 0) is 12.0 Å². The van der Waals surface area contributed by atoms with Gasteiger partial charge in [-0.15, -0.1) is 0 Å². The van der Waals surface area contributed by atoms with E-state index in [9.17, 15) is 14.4 Å². The van der Waals surface area contributed by atoms with Crippen molar-refractivity contribution >= 4 is 17.8 Å². The van der Waals surface area contributed by atoms with Gasteiger partial charge in [0.25, 0.3) is 0 Å². The Kier molecular flexibility index (Phi) is 3.79. The highest BCUT2D eigenvalue weighted by molar-refractivity contribution is 5.93. The van der Waals surface area contributed by atoms with Gasteiger partial charge in [-0.25, -0.2) is 4.79 Å². The predicted octanol–water partition coefficient (Wildman–Crippen LogP) is 0.207. The minimum absolute atomic E-state index is 0.188. The molecule has 3 N–H and O–H groups in total. The highest BCUT2D eigenvalue weighted by Gasteiger charge is 2.30. The molecule has 1 heterocycles. The van der Waals surface area contributed by atoms with Crippen LogP contribution < -0.4 is 10.6 Å². The third-order valence-corrected chi connectivity index (χ3v) is 2.98. The molecule has 6 nitrogen and oxygen atoms in total. The fourth-order valence-electron chi connectivity index (χ4n) is 1.99. The molecule has 0 unspecified atom stereocenters. The van der Waals surface area contributed by atoms with Gasteiger partial charge < -0.3 is 15.7 Å². The molecule has 1 aliphatic heterocycles. The second kappa shape index (κ2) is 5.51. The first-order valence-corrected chi connectivity index (χ1v) is 5.95. The third-order valence-electron chi connectivity index (χ3n) is 2.98. The minimum atomic E-state index is -1.14.